The minimum Gasteiger partial charge on any atom is -0.285 e. The Morgan fingerprint density at radius 1 is 0.679 bits per heavy atom. The first kappa shape index (κ1) is 19.0. The Morgan fingerprint density at radius 2 is 1.00 bits per heavy atom. The van der Waals surface area contributed by atoms with Crippen molar-refractivity contribution in [2.45, 2.75) is 37.2 Å². The van der Waals surface area contributed by atoms with Gasteiger partial charge >= 0.3 is 0 Å². The smallest absolute Gasteiger partial charge is 0.234 e. The summed E-state index contributed by atoms with van der Waals surface area (Å²) in [6.45, 7) is 8.65. The van der Waals surface area contributed by atoms with Crippen molar-refractivity contribution < 1.29 is 19.2 Å². The summed E-state index contributed by atoms with van der Waals surface area (Å²) in [7, 11) is 3.18. The van der Waals surface area contributed by atoms with Crippen LogP contribution in [0.4, 0.5) is 0 Å². The van der Waals surface area contributed by atoms with E-state index in [9.17, 15) is 19.2 Å². The normalized spacial score (nSPS) is 48.1. The van der Waals surface area contributed by atoms with E-state index in [2.05, 4.69) is 27.7 Å². The van der Waals surface area contributed by atoms with Crippen LogP contribution in [-0.4, -0.2) is 68.5 Å². The molecule has 1 aliphatic carbocycles. The molecule has 5 aliphatic rings. The van der Waals surface area contributed by atoms with Crippen LogP contribution in [0, 0.1) is 34.5 Å². The van der Waals surface area contributed by atoms with Gasteiger partial charge in [-0.25, -0.2) is 0 Å². The molecule has 4 unspecified atom stereocenters. The van der Waals surface area contributed by atoms with Crippen molar-refractivity contribution in [3.8, 4) is 0 Å². The van der Waals surface area contributed by atoms with Crippen LogP contribution in [0.1, 0.15) is 27.7 Å². The third kappa shape index (κ3) is 1.47. The molecule has 0 aromatic rings. The molecular weight excluding hydrogens is 396 g/mol. The Hall–Kier alpha value is -1.02. The second-order valence-corrected chi connectivity index (χ2v) is 12.5. The van der Waals surface area contributed by atoms with Crippen LogP contribution in [-0.2, 0) is 19.2 Å². The molecule has 4 atom stereocenters. The minimum atomic E-state index is -0.422. The minimum absolute atomic E-state index is 0.0734. The summed E-state index contributed by atoms with van der Waals surface area (Å²) in [5.41, 5.74) is -0.750. The number of hydrogen-bond donors (Lipinski definition) is 0. The van der Waals surface area contributed by atoms with Gasteiger partial charge in [-0.3, -0.25) is 29.0 Å². The highest BCUT2D eigenvalue weighted by molar-refractivity contribution is 8.03. The van der Waals surface area contributed by atoms with Gasteiger partial charge in [0.1, 0.15) is 0 Å². The number of rotatable bonds is 0. The molecule has 6 nitrogen and oxygen atoms in total. The van der Waals surface area contributed by atoms with Gasteiger partial charge in [0.15, 0.2) is 0 Å². The Bertz CT molecular complexity index is 784. The van der Waals surface area contributed by atoms with E-state index in [-0.39, 0.29) is 58.1 Å². The summed E-state index contributed by atoms with van der Waals surface area (Å²) in [4.78, 5) is 54.2. The highest BCUT2D eigenvalue weighted by Crippen LogP contribution is 2.86. The van der Waals surface area contributed by atoms with Gasteiger partial charge in [0.2, 0.25) is 23.6 Å². The van der Waals surface area contributed by atoms with Crippen molar-refractivity contribution in [2.24, 2.45) is 34.5 Å². The maximum Gasteiger partial charge on any atom is 0.234 e. The number of fused-ring (bicyclic) bond motifs is 4. The lowest BCUT2D eigenvalue weighted by molar-refractivity contribution is -0.171. The summed E-state index contributed by atoms with van der Waals surface area (Å²) in [6.07, 6.45) is 0. The van der Waals surface area contributed by atoms with Gasteiger partial charge in [0.25, 0.3) is 0 Å². The lowest BCUT2D eigenvalue weighted by Gasteiger charge is -2.79. The van der Waals surface area contributed by atoms with Gasteiger partial charge in [-0.1, -0.05) is 27.7 Å². The van der Waals surface area contributed by atoms with Gasteiger partial charge in [-0.15, -0.1) is 0 Å². The van der Waals surface area contributed by atoms with Crippen LogP contribution < -0.4 is 0 Å². The van der Waals surface area contributed by atoms with Crippen molar-refractivity contribution in [1.82, 2.24) is 9.80 Å². The molecule has 5 fully saturated rings. The van der Waals surface area contributed by atoms with E-state index in [1.807, 2.05) is 0 Å². The number of carbonyl (C=O) groups excluding carboxylic acids is 4. The fourth-order valence-electron chi connectivity index (χ4n) is 7.96. The summed E-state index contributed by atoms with van der Waals surface area (Å²) in [5.74, 6) is -0.268. The number of amides is 4. The molecule has 5 rings (SSSR count). The fraction of sp³-hybridized carbons (Fsp3) is 0.800. The quantitative estimate of drug-likeness (QED) is 0.551. The van der Waals surface area contributed by atoms with Gasteiger partial charge in [0.05, 0.1) is 23.7 Å². The Labute approximate surface area is 173 Å². The zero-order valence-corrected chi connectivity index (χ0v) is 18.7. The van der Waals surface area contributed by atoms with Gasteiger partial charge < -0.3 is 0 Å². The molecular formula is C20H26N2O4S2. The third-order valence-corrected chi connectivity index (χ3v) is 13.4. The Morgan fingerprint density at radius 3 is 1.32 bits per heavy atom. The number of nitrogens with zero attached hydrogens (tertiary/aromatic N) is 2. The summed E-state index contributed by atoms with van der Waals surface area (Å²) >= 11 is 3.51. The molecule has 0 aromatic carbocycles. The zero-order chi connectivity index (χ0) is 20.6. The van der Waals surface area contributed by atoms with Crippen molar-refractivity contribution in [3.63, 3.8) is 0 Å². The van der Waals surface area contributed by atoms with E-state index in [0.717, 1.165) is 0 Å². The first-order valence-corrected chi connectivity index (χ1v) is 11.8. The van der Waals surface area contributed by atoms with Gasteiger partial charge in [-0.05, 0) is 10.8 Å². The van der Waals surface area contributed by atoms with Crippen molar-refractivity contribution >= 4 is 47.2 Å². The largest absolute Gasteiger partial charge is 0.285 e. The SMILES string of the molecule is CN1C(=O)C2CSC3(C2C1=O)C(C)(C)C1(SCC2C(=O)N(C)C(=O)C21)C3(C)C. The van der Waals surface area contributed by atoms with Gasteiger partial charge in [-0.2, -0.15) is 23.5 Å². The predicted octanol–water partition coefficient (Wildman–Crippen LogP) is 1.49. The number of thioether (sulfide) groups is 2. The molecule has 0 N–H and O–H groups in total. The van der Waals surface area contributed by atoms with Crippen molar-refractivity contribution in [3.05, 3.63) is 0 Å². The molecule has 152 valence electrons. The van der Waals surface area contributed by atoms with Crippen molar-refractivity contribution in [1.29, 1.82) is 0 Å². The first-order chi connectivity index (χ1) is 12.9. The lowest BCUT2D eigenvalue weighted by atomic mass is 9.34. The topological polar surface area (TPSA) is 74.8 Å². The molecule has 0 bridgehead atoms. The van der Waals surface area contributed by atoms with Crippen LogP contribution in [0.3, 0.4) is 0 Å². The molecule has 1 saturated carbocycles. The summed E-state index contributed by atoms with van der Waals surface area (Å²) in [5, 5.41) is 0. The molecule has 0 aromatic heterocycles. The molecule has 0 radical (unpaired) electrons. The Kier molecular flexibility index (Phi) is 3.38. The average molecular weight is 423 g/mol. The zero-order valence-electron chi connectivity index (χ0n) is 17.1. The van der Waals surface area contributed by atoms with E-state index in [1.54, 1.807) is 37.6 Å². The predicted molar refractivity (Wildman–Crippen MR) is 107 cm³/mol. The maximum atomic E-state index is 13.1. The standard InChI is InChI=1S/C20H26N2O4S2/c1-17(2)19(11-9(7-27-19)13(23)21(5)15(11)25)18(3,4)20(17)12-10(8-28-20)14(24)22(6)16(12)26/h9-12H,7-8H2,1-6H3. The summed E-state index contributed by atoms with van der Waals surface area (Å²) in [6, 6.07) is 0. The third-order valence-electron chi connectivity index (χ3n) is 8.86. The van der Waals surface area contributed by atoms with Gasteiger partial charge in [0, 0.05) is 35.1 Å². The molecule has 4 heterocycles. The second kappa shape index (κ2) is 4.99. The van der Waals surface area contributed by atoms with E-state index >= 15 is 0 Å². The molecule has 28 heavy (non-hydrogen) atoms. The molecule has 4 amide bonds. The highest BCUT2D eigenvalue weighted by atomic mass is 32.2. The molecule has 4 saturated heterocycles. The highest BCUT2D eigenvalue weighted by Gasteiger charge is 2.90. The Balaban J connectivity index is 1.67. The van der Waals surface area contributed by atoms with E-state index in [1.165, 1.54) is 9.80 Å². The van der Waals surface area contributed by atoms with Crippen LogP contribution in [0.5, 0.6) is 0 Å². The van der Waals surface area contributed by atoms with E-state index in [4.69, 9.17) is 0 Å². The van der Waals surface area contributed by atoms with Crippen LogP contribution >= 0.6 is 23.5 Å². The fourth-order valence-corrected chi connectivity index (χ4v) is 12.6. The van der Waals surface area contributed by atoms with Crippen molar-refractivity contribution in [2.75, 3.05) is 25.6 Å². The van der Waals surface area contributed by atoms with E-state index < -0.39 is 9.49 Å². The summed E-state index contributed by atoms with van der Waals surface area (Å²) < 4.78 is -0.844. The average Bonchev–Trinajstić information content (AvgIpc) is 3.34. The number of imide groups is 2. The lowest BCUT2D eigenvalue weighted by Crippen LogP contribution is -2.84. The number of likely N-dealkylation sites (tertiary alicyclic amines) is 2. The number of hydrogen-bond acceptors (Lipinski definition) is 6. The first-order valence-electron chi connectivity index (χ1n) is 9.81. The van der Waals surface area contributed by atoms with E-state index in [0.29, 0.717) is 11.5 Å². The number of carbonyl (C=O) groups is 4. The molecule has 4 aliphatic heterocycles. The second-order valence-electron chi connectivity index (χ2n) is 9.98. The monoisotopic (exact) mass is 422 g/mol. The van der Waals surface area contributed by atoms with Crippen LogP contribution in [0.2, 0.25) is 0 Å². The molecule has 8 heteroatoms. The van der Waals surface area contributed by atoms with Crippen LogP contribution in [0.15, 0.2) is 0 Å². The molecule has 2 spiro atoms. The van der Waals surface area contributed by atoms with Crippen LogP contribution in [0.25, 0.3) is 0 Å². The maximum absolute atomic E-state index is 13.1.